The fraction of sp³-hybridized carbons (Fsp3) is 0.462. The van der Waals surface area contributed by atoms with Crippen molar-refractivity contribution in [3.63, 3.8) is 0 Å². The predicted molar refractivity (Wildman–Crippen MR) is 63.5 cm³/mol. The molecular formula is C13H18N2. The molecule has 0 saturated heterocycles. The minimum atomic E-state index is 0.360. The molecule has 0 aliphatic carbocycles. The molecule has 1 atom stereocenters. The molecule has 1 aromatic rings. The van der Waals surface area contributed by atoms with Crippen LogP contribution >= 0.6 is 0 Å². The quantitative estimate of drug-likeness (QED) is 0.759. The maximum absolute atomic E-state index is 4.30. The number of rotatable bonds is 4. The topological polar surface area (TPSA) is 24.9 Å². The zero-order chi connectivity index (χ0) is 11.1. The highest BCUT2D eigenvalue weighted by atomic mass is 14.9. The Morgan fingerprint density at radius 1 is 1.47 bits per heavy atom. The molecule has 0 bridgehead atoms. The van der Waals surface area contributed by atoms with Gasteiger partial charge in [-0.25, -0.2) is 0 Å². The van der Waals surface area contributed by atoms with Gasteiger partial charge < -0.3 is 5.32 Å². The second-order valence-corrected chi connectivity index (χ2v) is 3.54. The van der Waals surface area contributed by atoms with E-state index in [1.165, 1.54) is 5.56 Å². The van der Waals surface area contributed by atoms with Gasteiger partial charge in [-0.05, 0) is 38.9 Å². The molecule has 15 heavy (non-hydrogen) atoms. The van der Waals surface area contributed by atoms with Crippen LogP contribution in [0.2, 0.25) is 0 Å². The average molecular weight is 202 g/mol. The molecule has 1 N–H and O–H groups in total. The monoisotopic (exact) mass is 202 g/mol. The summed E-state index contributed by atoms with van der Waals surface area (Å²) in [4.78, 5) is 4.30. The third-order valence-corrected chi connectivity index (χ3v) is 2.42. The van der Waals surface area contributed by atoms with Gasteiger partial charge in [0.15, 0.2) is 0 Å². The summed E-state index contributed by atoms with van der Waals surface area (Å²) < 4.78 is 0. The maximum Gasteiger partial charge on any atom is 0.0372 e. The summed E-state index contributed by atoms with van der Waals surface area (Å²) in [6.45, 7) is 3.88. The van der Waals surface area contributed by atoms with E-state index in [0.717, 1.165) is 18.5 Å². The molecule has 80 valence electrons. The van der Waals surface area contributed by atoms with E-state index >= 15 is 0 Å². The largest absolute Gasteiger partial charge is 0.313 e. The highest BCUT2D eigenvalue weighted by Crippen LogP contribution is 2.16. The zero-order valence-corrected chi connectivity index (χ0v) is 9.67. The van der Waals surface area contributed by atoms with E-state index < -0.39 is 0 Å². The van der Waals surface area contributed by atoms with Gasteiger partial charge in [-0.3, -0.25) is 4.98 Å². The Morgan fingerprint density at radius 2 is 2.27 bits per heavy atom. The summed E-state index contributed by atoms with van der Waals surface area (Å²) in [5.41, 5.74) is 2.29. The van der Waals surface area contributed by atoms with Gasteiger partial charge in [-0.15, -0.1) is 11.8 Å². The lowest BCUT2D eigenvalue weighted by atomic mass is 10.0. The van der Waals surface area contributed by atoms with Crippen LogP contribution < -0.4 is 5.32 Å². The standard InChI is InChI=1S/C13H18N2/c1-4-5-6-7-13(14-3)12-9-8-11(2)15-10-12/h8-10,13-14H,6-7H2,1-3H3. The first-order valence-electron chi connectivity index (χ1n) is 5.27. The van der Waals surface area contributed by atoms with E-state index in [2.05, 4.69) is 28.2 Å². The minimum absolute atomic E-state index is 0.360. The summed E-state index contributed by atoms with van der Waals surface area (Å²) in [7, 11) is 1.98. The molecule has 0 radical (unpaired) electrons. The van der Waals surface area contributed by atoms with Crippen LogP contribution in [0.5, 0.6) is 0 Å². The van der Waals surface area contributed by atoms with Crippen molar-refractivity contribution in [2.75, 3.05) is 7.05 Å². The molecule has 1 unspecified atom stereocenters. The van der Waals surface area contributed by atoms with Crippen molar-refractivity contribution in [1.82, 2.24) is 10.3 Å². The summed E-state index contributed by atoms with van der Waals surface area (Å²) in [5.74, 6) is 6.00. The Hall–Kier alpha value is -1.33. The van der Waals surface area contributed by atoms with Crippen molar-refractivity contribution in [2.45, 2.75) is 32.7 Å². The Labute approximate surface area is 92.1 Å². The molecule has 1 heterocycles. The average Bonchev–Trinajstić information content (AvgIpc) is 2.26. The molecule has 0 spiro atoms. The first kappa shape index (κ1) is 11.7. The molecule has 2 nitrogen and oxygen atoms in total. The molecule has 0 amide bonds. The van der Waals surface area contributed by atoms with Crippen LogP contribution in [-0.2, 0) is 0 Å². The minimum Gasteiger partial charge on any atom is -0.313 e. The first-order chi connectivity index (χ1) is 7.27. The van der Waals surface area contributed by atoms with Gasteiger partial charge in [0.05, 0.1) is 0 Å². The Balaban J connectivity index is 2.64. The van der Waals surface area contributed by atoms with Crippen molar-refractivity contribution < 1.29 is 0 Å². The van der Waals surface area contributed by atoms with Crippen LogP contribution in [0.3, 0.4) is 0 Å². The second kappa shape index (κ2) is 6.21. The molecule has 0 fully saturated rings. The molecular weight excluding hydrogens is 184 g/mol. The van der Waals surface area contributed by atoms with Gasteiger partial charge >= 0.3 is 0 Å². The van der Waals surface area contributed by atoms with Gasteiger partial charge in [0, 0.05) is 24.4 Å². The lowest BCUT2D eigenvalue weighted by Gasteiger charge is -2.14. The Bertz CT molecular complexity index is 343. The van der Waals surface area contributed by atoms with Crippen LogP contribution in [-0.4, -0.2) is 12.0 Å². The Kier molecular flexibility index (Phi) is 4.86. The highest BCUT2D eigenvalue weighted by Gasteiger charge is 2.07. The zero-order valence-electron chi connectivity index (χ0n) is 9.67. The third kappa shape index (κ3) is 3.73. The summed E-state index contributed by atoms with van der Waals surface area (Å²) in [5, 5.41) is 3.29. The number of hydrogen-bond acceptors (Lipinski definition) is 2. The molecule has 2 heteroatoms. The first-order valence-corrected chi connectivity index (χ1v) is 5.27. The number of nitrogens with one attached hydrogen (secondary N) is 1. The lowest BCUT2D eigenvalue weighted by molar-refractivity contribution is 0.556. The number of hydrogen-bond donors (Lipinski definition) is 1. The molecule has 0 aliphatic heterocycles. The van der Waals surface area contributed by atoms with Crippen LogP contribution in [0, 0.1) is 18.8 Å². The Morgan fingerprint density at radius 3 is 2.80 bits per heavy atom. The van der Waals surface area contributed by atoms with Crippen molar-refractivity contribution >= 4 is 0 Å². The van der Waals surface area contributed by atoms with Crippen LogP contribution in [0.15, 0.2) is 18.3 Å². The van der Waals surface area contributed by atoms with E-state index in [1.807, 2.05) is 33.2 Å². The van der Waals surface area contributed by atoms with E-state index in [-0.39, 0.29) is 0 Å². The van der Waals surface area contributed by atoms with E-state index in [0.29, 0.717) is 6.04 Å². The second-order valence-electron chi connectivity index (χ2n) is 3.54. The van der Waals surface area contributed by atoms with Crippen LogP contribution in [0.4, 0.5) is 0 Å². The fourth-order valence-corrected chi connectivity index (χ4v) is 1.50. The summed E-state index contributed by atoms with van der Waals surface area (Å²) in [6, 6.07) is 4.53. The van der Waals surface area contributed by atoms with E-state index in [4.69, 9.17) is 0 Å². The SMILES string of the molecule is CC#CCCC(NC)c1ccc(C)nc1. The van der Waals surface area contributed by atoms with Crippen molar-refractivity contribution in [3.8, 4) is 11.8 Å². The summed E-state index contributed by atoms with van der Waals surface area (Å²) in [6.07, 6.45) is 3.90. The van der Waals surface area contributed by atoms with Gasteiger partial charge in [0.2, 0.25) is 0 Å². The number of pyridine rings is 1. The van der Waals surface area contributed by atoms with Gasteiger partial charge in [-0.2, -0.15) is 0 Å². The van der Waals surface area contributed by atoms with Crippen LogP contribution in [0.1, 0.15) is 37.1 Å². The molecule has 0 aromatic carbocycles. The lowest BCUT2D eigenvalue weighted by Crippen LogP contribution is -2.16. The maximum atomic E-state index is 4.30. The molecule has 0 saturated carbocycles. The molecule has 1 aromatic heterocycles. The number of aryl methyl sites for hydroxylation is 1. The third-order valence-electron chi connectivity index (χ3n) is 2.42. The number of nitrogens with zero attached hydrogens (tertiary/aromatic N) is 1. The van der Waals surface area contributed by atoms with E-state index in [1.54, 1.807) is 0 Å². The normalized spacial score (nSPS) is 11.7. The van der Waals surface area contributed by atoms with Gasteiger partial charge in [-0.1, -0.05) is 6.07 Å². The van der Waals surface area contributed by atoms with E-state index in [9.17, 15) is 0 Å². The van der Waals surface area contributed by atoms with Crippen molar-refractivity contribution in [3.05, 3.63) is 29.6 Å². The van der Waals surface area contributed by atoms with Gasteiger partial charge in [0.25, 0.3) is 0 Å². The van der Waals surface area contributed by atoms with Crippen LogP contribution in [0.25, 0.3) is 0 Å². The smallest absolute Gasteiger partial charge is 0.0372 e. The summed E-state index contributed by atoms with van der Waals surface area (Å²) >= 11 is 0. The van der Waals surface area contributed by atoms with Crippen molar-refractivity contribution in [1.29, 1.82) is 0 Å². The highest BCUT2D eigenvalue weighted by molar-refractivity contribution is 5.17. The van der Waals surface area contributed by atoms with Gasteiger partial charge in [0.1, 0.15) is 0 Å². The number of aromatic nitrogens is 1. The fourth-order valence-electron chi connectivity index (χ4n) is 1.50. The van der Waals surface area contributed by atoms with Crippen molar-refractivity contribution in [2.24, 2.45) is 0 Å². The molecule has 1 rings (SSSR count). The molecule has 0 aliphatic rings. The predicted octanol–water partition coefficient (Wildman–Crippen LogP) is 2.45.